The third kappa shape index (κ3) is 2.80. The van der Waals surface area contributed by atoms with Gasteiger partial charge in [-0.3, -0.25) is 9.00 Å². The maximum Gasteiger partial charge on any atom is 0.166 e. The minimum absolute atomic E-state index is 0.178. The van der Waals surface area contributed by atoms with Crippen LogP contribution in [-0.2, 0) is 17.3 Å². The summed E-state index contributed by atoms with van der Waals surface area (Å²) in [5.74, 6) is 0. The molecule has 14 heavy (non-hydrogen) atoms. The Labute approximate surface area is 86.6 Å². The minimum Gasteiger partial charge on any atom is -0.345 e. The van der Waals surface area contributed by atoms with E-state index in [1.165, 1.54) is 0 Å². The van der Waals surface area contributed by atoms with E-state index in [1.807, 2.05) is 23.8 Å². The van der Waals surface area contributed by atoms with Crippen LogP contribution in [0.1, 0.15) is 23.8 Å². The van der Waals surface area contributed by atoms with E-state index in [4.69, 9.17) is 0 Å². The van der Waals surface area contributed by atoms with E-state index < -0.39 is 10.8 Å². The summed E-state index contributed by atoms with van der Waals surface area (Å²) in [7, 11) is -0.782. The van der Waals surface area contributed by atoms with Gasteiger partial charge in [0.1, 0.15) is 0 Å². The number of aromatic nitrogens is 1. The van der Waals surface area contributed by atoms with Crippen LogP contribution in [0.15, 0.2) is 18.3 Å². The lowest BCUT2D eigenvalue weighted by Crippen LogP contribution is -2.13. The summed E-state index contributed by atoms with van der Waals surface area (Å²) in [6.07, 6.45) is 5.25. The number of hydrogen-bond acceptors (Lipinski definition) is 2. The van der Waals surface area contributed by atoms with E-state index in [1.54, 1.807) is 12.3 Å². The average molecular weight is 213 g/mol. The molecule has 3 nitrogen and oxygen atoms in total. The standard InChI is InChI=1S/C10H15NO2S/c1-9(14(2)13)5-7-11-6-3-4-10(11)8-12/h3-4,6,8-9H,5,7H2,1-2H3. The van der Waals surface area contributed by atoms with Crippen molar-refractivity contribution in [3.05, 3.63) is 24.0 Å². The van der Waals surface area contributed by atoms with Crippen molar-refractivity contribution in [2.75, 3.05) is 6.26 Å². The predicted octanol–water partition coefficient (Wildman–Crippen LogP) is 1.46. The van der Waals surface area contributed by atoms with Crippen molar-refractivity contribution in [2.24, 2.45) is 0 Å². The van der Waals surface area contributed by atoms with Crippen molar-refractivity contribution in [2.45, 2.75) is 25.1 Å². The molecule has 0 saturated carbocycles. The average Bonchev–Trinajstić information content (AvgIpc) is 2.60. The Kier molecular flexibility index (Phi) is 4.07. The highest BCUT2D eigenvalue weighted by Crippen LogP contribution is 2.05. The molecule has 4 heteroatoms. The second kappa shape index (κ2) is 5.10. The minimum atomic E-state index is -0.782. The molecule has 0 aliphatic rings. The molecule has 1 aromatic rings. The van der Waals surface area contributed by atoms with Gasteiger partial charge in [-0.2, -0.15) is 0 Å². The molecule has 2 unspecified atom stereocenters. The zero-order chi connectivity index (χ0) is 10.6. The van der Waals surface area contributed by atoms with Gasteiger partial charge in [-0.25, -0.2) is 0 Å². The van der Waals surface area contributed by atoms with Crippen LogP contribution in [0.25, 0.3) is 0 Å². The summed E-state index contributed by atoms with van der Waals surface area (Å²) in [4.78, 5) is 10.6. The molecular formula is C10H15NO2S. The molecule has 0 saturated heterocycles. The lowest BCUT2D eigenvalue weighted by Gasteiger charge is -2.09. The second-order valence-electron chi connectivity index (χ2n) is 3.34. The summed E-state index contributed by atoms with van der Waals surface area (Å²) in [6.45, 7) is 2.71. The molecule has 1 aromatic heterocycles. The Bertz CT molecular complexity index is 333. The lowest BCUT2D eigenvalue weighted by molar-refractivity contribution is 0.111. The van der Waals surface area contributed by atoms with Crippen LogP contribution in [0, 0.1) is 0 Å². The van der Waals surface area contributed by atoms with Gasteiger partial charge in [-0.1, -0.05) is 6.92 Å². The first kappa shape index (κ1) is 11.2. The topological polar surface area (TPSA) is 39.1 Å². The number of hydrogen-bond donors (Lipinski definition) is 0. The van der Waals surface area contributed by atoms with E-state index in [9.17, 15) is 9.00 Å². The number of carbonyl (C=O) groups excluding carboxylic acids is 1. The molecule has 0 spiro atoms. The second-order valence-corrected chi connectivity index (χ2v) is 5.14. The zero-order valence-corrected chi connectivity index (χ0v) is 9.29. The maximum atomic E-state index is 11.1. The summed E-state index contributed by atoms with van der Waals surface area (Å²) in [5, 5.41) is 0.178. The van der Waals surface area contributed by atoms with E-state index in [0.717, 1.165) is 19.3 Å². The Morgan fingerprint density at radius 2 is 2.36 bits per heavy atom. The molecule has 0 bridgehead atoms. The monoisotopic (exact) mass is 213 g/mol. The SMILES string of the molecule is CC(CCn1cccc1C=O)S(C)=O. The molecule has 1 rings (SSSR count). The first-order valence-electron chi connectivity index (χ1n) is 4.57. The maximum absolute atomic E-state index is 11.1. The Balaban J connectivity index is 2.53. The lowest BCUT2D eigenvalue weighted by atomic mass is 10.3. The number of carbonyl (C=O) groups is 1. The van der Waals surface area contributed by atoms with Gasteiger partial charge < -0.3 is 4.57 Å². The number of nitrogens with zero attached hydrogens (tertiary/aromatic N) is 1. The van der Waals surface area contributed by atoms with Crippen LogP contribution in [0.2, 0.25) is 0 Å². The summed E-state index contributed by atoms with van der Waals surface area (Å²) < 4.78 is 13.0. The van der Waals surface area contributed by atoms with Crippen LogP contribution in [0.4, 0.5) is 0 Å². The van der Waals surface area contributed by atoms with Crippen molar-refractivity contribution >= 4 is 17.1 Å². The van der Waals surface area contributed by atoms with E-state index in [-0.39, 0.29) is 5.25 Å². The van der Waals surface area contributed by atoms with Crippen molar-refractivity contribution in [1.29, 1.82) is 0 Å². The van der Waals surface area contributed by atoms with Crippen LogP contribution in [-0.4, -0.2) is 26.6 Å². The van der Waals surface area contributed by atoms with Gasteiger partial charge in [-0.15, -0.1) is 0 Å². The third-order valence-electron chi connectivity index (χ3n) is 2.33. The molecule has 0 radical (unpaired) electrons. The third-order valence-corrected chi connectivity index (χ3v) is 3.70. The van der Waals surface area contributed by atoms with Gasteiger partial charge in [-0.05, 0) is 18.6 Å². The summed E-state index contributed by atoms with van der Waals surface area (Å²) in [5.41, 5.74) is 0.680. The highest BCUT2D eigenvalue weighted by atomic mass is 32.2. The molecule has 2 atom stereocenters. The van der Waals surface area contributed by atoms with Gasteiger partial charge in [0.25, 0.3) is 0 Å². The molecule has 0 amide bonds. The molecule has 0 aromatic carbocycles. The summed E-state index contributed by atoms with van der Waals surface area (Å²) >= 11 is 0. The fourth-order valence-corrected chi connectivity index (χ4v) is 1.66. The van der Waals surface area contributed by atoms with Crippen molar-refractivity contribution in [1.82, 2.24) is 4.57 Å². The Hall–Kier alpha value is -0.900. The van der Waals surface area contributed by atoms with Crippen LogP contribution in [0.3, 0.4) is 0 Å². The summed E-state index contributed by atoms with van der Waals surface area (Å²) in [6, 6.07) is 3.62. The van der Waals surface area contributed by atoms with Crippen LogP contribution >= 0.6 is 0 Å². The van der Waals surface area contributed by atoms with E-state index >= 15 is 0 Å². The van der Waals surface area contributed by atoms with E-state index in [2.05, 4.69) is 0 Å². The van der Waals surface area contributed by atoms with Crippen molar-refractivity contribution in [3.63, 3.8) is 0 Å². The normalized spacial score (nSPS) is 15.0. The quantitative estimate of drug-likeness (QED) is 0.695. The molecule has 1 heterocycles. The highest BCUT2D eigenvalue weighted by molar-refractivity contribution is 7.84. The van der Waals surface area contributed by atoms with Crippen molar-refractivity contribution in [3.8, 4) is 0 Å². The van der Waals surface area contributed by atoms with Gasteiger partial charge in [0.05, 0.1) is 5.69 Å². The first-order valence-corrected chi connectivity index (χ1v) is 6.20. The highest BCUT2D eigenvalue weighted by Gasteiger charge is 2.07. The molecule has 78 valence electrons. The van der Waals surface area contributed by atoms with E-state index in [0.29, 0.717) is 5.69 Å². The Morgan fingerprint density at radius 3 is 2.93 bits per heavy atom. The van der Waals surface area contributed by atoms with Gasteiger partial charge in [0, 0.05) is 35.0 Å². The molecule has 0 N–H and O–H groups in total. The predicted molar refractivity (Wildman–Crippen MR) is 58.0 cm³/mol. The van der Waals surface area contributed by atoms with Gasteiger partial charge in [0.15, 0.2) is 6.29 Å². The van der Waals surface area contributed by atoms with Crippen LogP contribution in [0.5, 0.6) is 0 Å². The first-order chi connectivity index (χ1) is 6.65. The van der Waals surface area contributed by atoms with Gasteiger partial charge in [0.2, 0.25) is 0 Å². The number of aldehydes is 1. The fraction of sp³-hybridized carbons (Fsp3) is 0.500. The van der Waals surface area contributed by atoms with Crippen LogP contribution < -0.4 is 0 Å². The zero-order valence-electron chi connectivity index (χ0n) is 8.47. The van der Waals surface area contributed by atoms with Gasteiger partial charge >= 0.3 is 0 Å². The molecule has 0 aliphatic carbocycles. The number of rotatable bonds is 5. The molecule has 0 fully saturated rings. The fourth-order valence-electron chi connectivity index (χ4n) is 1.22. The Morgan fingerprint density at radius 1 is 1.64 bits per heavy atom. The smallest absolute Gasteiger partial charge is 0.166 e. The van der Waals surface area contributed by atoms with Crippen molar-refractivity contribution < 1.29 is 9.00 Å². The largest absolute Gasteiger partial charge is 0.345 e. The number of aryl methyl sites for hydroxylation is 1. The molecule has 0 aliphatic heterocycles. The molecular weight excluding hydrogens is 198 g/mol.